The smallest absolute Gasteiger partial charge is 0.212 e. The highest BCUT2D eigenvalue weighted by atomic mass is 35.6. The van der Waals surface area contributed by atoms with E-state index in [1.165, 1.54) is 0 Å². The summed E-state index contributed by atoms with van der Waals surface area (Å²) in [7, 11) is -1.75. The molecule has 0 aromatic carbocycles. The molecule has 0 bridgehead atoms. The van der Waals surface area contributed by atoms with Crippen LogP contribution in [-0.4, -0.2) is 18.7 Å². The number of hydrogen-bond donors (Lipinski definition) is 0. The highest BCUT2D eigenvalue weighted by Crippen LogP contribution is 2.28. The summed E-state index contributed by atoms with van der Waals surface area (Å²) < 4.78 is 4.24. The van der Waals surface area contributed by atoms with E-state index in [1.54, 1.807) is 0 Å². The van der Waals surface area contributed by atoms with Crippen LogP contribution in [0.3, 0.4) is 0 Å². The highest BCUT2D eigenvalue weighted by Gasteiger charge is 2.27. The van der Waals surface area contributed by atoms with Crippen molar-refractivity contribution >= 4 is 43.1 Å². The first kappa shape index (κ1) is 14.5. The maximum Gasteiger partial charge on any atom is 0.212 e. The third-order valence-corrected chi connectivity index (χ3v) is 4.50. The average Bonchev–Trinajstić information content (AvgIpc) is 2.00. The Hall–Kier alpha value is 0.537. The molecule has 0 rings (SSSR count). The highest BCUT2D eigenvalue weighted by molar-refractivity contribution is 6.72. The second kappa shape index (κ2) is 6.19. The maximum absolute atomic E-state index is 8.38. The summed E-state index contributed by atoms with van der Waals surface area (Å²) in [5.74, 6) is 0. The van der Waals surface area contributed by atoms with Crippen LogP contribution in [0.4, 0.5) is 0 Å². The summed E-state index contributed by atoms with van der Waals surface area (Å²) in [5, 5.41) is 8.38. The van der Waals surface area contributed by atoms with E-state index in [0.717, 1.165) is 12.5 Å². The zero-order chi connectivity index (χ0) is 11.2. The monoisotopic (exact) mass is 273 g/mol. The topological polar surface area (TPSA) is 33.0 Å². The quantitative estimate of drug-likeness (QED) is 0.433. The molecule has 0 aliphatic heterocycles. The van der Waals surface area contributed by atoms with Crippen molar-refractivity contribution in [1.82, 2.24) is 0 Å². The van der Waals surface area contributed by atoms with E-state index >= 15 is 0 Å². The van der Waals surface area contributed by atoms with E-state index in [4.69, 9.17) is 44.5 Å². The van der Waals surface area contributed by atoms with E-state index in [2.05, 4.69) is 19.2 Å². The molecular weight excluding hydrogens is 261 g/mol. The molecule has 0 unspecified atom stereocenters. The minimum absolute atomic E-state index is 0.128. The van der Waals surface area contributed by atoms with E-state index in [1.807, 2.05) is 0 Å². The summed E-state index contributed by atoms with van der Waals surface area (Å²) in [6.07, 6.45) is 1.42. The lowest BCUT2D eigenvalue weighted by molar-refractivity contribution is 0.314. The minimum atomic E-state index is -1.75. The van der Waals surface area contributed by atoms with Crippen LogP contribution in [0.15, 0.2) is 0 Å². The van der Waals surface area contributed by atoms with Gasteiger partial charge in [-0.2, -0.15) is 5.26 Å². The fraction of sp³-hybridized carbons (Fsp3) is 0.875. The minimum Gasteiger partial charge on any atom is -0.413 e. The number of hydrogen-bond acceptors (Lipinski definition) is 2. The van der Waals surface area contributed by atoms with Gasteiger partial charge in [-0.1, -0.05) is 34.8 Å². The molecule has 0 atom stereocenters. The lowest BCUT2D eigenvalue weighted by Crippen LogP contribution is -2.33. The Kier molecular flexibility index (Phi) is 6.43. The fourth-order valence-corrected chi connectivity index (χ4v) is 3.16. The van der Waals surface area contributed by atoms with Gasteiger partial charge in [-0.15, -0.1) is 0 Å². The summed E-state index contributed by atoms with van der Waals surface area (Å²) in [6, 6.07) is 3.02. The van der Waals surface area contributed by atoms with Crippen LogP contribution in [0, 0.1) is 11.3 Å². The van der Waals surface area contributed by atoms with E-state index in [-0.39, 0.29) is 6.61 Å². The van der Waals surface area contributed by atoms with E-state index in [0.29, 0.717) is 6.42 Å². The van der Waals surface area contributed by atoms with Gasteiger partial charge in [-0.05, 0) is 25.6 Å². The number of halogens is 3. The first-order chi connectivity index (χ1) is 6.27. The molecule has 6 heteroatoms. The Morgan fingerprint density at radius 1 is 1.36 bits per heavy atom. The number of rotatable bonds is 5. The first-order valence-corrected chi connectivity index (χ1v) is 8.59. The van der Waals surface area contributed by atoms with Crippen LogP contribution < -0.4 is 0 Å². The molecule has 0 aromatic heterocycles. The van der Waals surface area contributed by atoms with Crippen molar-refractivity contribution in [3.8, 4) is 6.07 Å². The first-order valence-electron chi connectivity index (χ1n) is 4.34. The second-order valence-corrected chi connectivity index (χ2v) is 10.5. The van der Waals surface area contributed by atoms with Crippen molar-refractivity contribution in [2.75, 3.05) is 6.61 Å². The normalized spacial score (nSPS) is 12.6. The average molecular weight is 275 g/mol. The lowest BCUT2D eigenvalue weighted by atomic mass is 10.4. The molecule has 82 valence electrons. The van der Waals surface area contributed by atoms with E-state index < -0.39 is 12.1 Å². The van der Waals surface area contributed by atoms with Gasteiger partial charge in [0.2, 0.25) is 3.79 Å². The molecule has 0 amide bonds. The third-order valence-electron chi connectivity index (χ3n) is 1.69. The zero-order valence-electron chi connectivity index (χ0n) is 8.32. The van der Waals surface area contributed by atoms with Crippen LogP contribution in [0.5, 0.6) is 0 Å². The molecule has 2 nitrogen and oxygen atoms in total. The molecule has 14 heavy (non-hydrogen) atoms. The van der Waals surface area contributed by atoms with Crippen LogP contribution in [0.2, 0.25) is 19.1 Å². The number of nitriles is 1. The van der Waals surface area contributed by atoms with Gasteiger partial charge in [0, 0.05) is 6.42 Å². The molecule has 0 saturated carbocycles. The van der Waals surface area contributed by atoms with E-state index in [9.17, 15) is 0 Å². The molecule has 0 aliphatic carbocycles. The van der Waals surface area contributed by atoms with Crippen LogP contribution >= 0.6 is 34.8 Å². The van der Waals surface area contributed by atoms with Gasteiger partial charge >= 0.3 is 0 Å². The Labute approximate surface area is 101 Å². The Balaban J connectivity index is 3.78. The SMILES string of the molecule is C[Si](C)(CCCC#N)OCC(Cl)(Cl)Cl. The van der Waals surface area contributed by atoms with Gasteiger partial charge in [-0.25, -0.2) is 0 Å². The summed E-state index contributed by atoms with van der Waals surface area (Å²) >= 11 is 16.7. The third kappa shape index (κ3) is 9.11. The van der Waals surface area contributed by atoms with Crippen LogP contribution in [-0.2, 0) is 4.43 Å². The predicted octanol–water partition coefficient (Wildman–Crippen LogP) is 3.88. The molecule has 0 aliphatic rings. The van der Waals surface area contributed by atoms with Gasteiger partial charge < -0.3 is 4.43 Å². The molecule has 0 spiro atoms. The van der Waals surface area contributed by atoms with Gasteiger partial charge in [0.25, 0.3) is 0 Å². The molecule has 0 saturated heterocycles. The van der Waals surface area contributed by atoms with Crippen molar-refractivity contribution in [3.63, 3.8) is 0 Å². The van der Waals surface area contributed by atoms with Gasteiger partial charge in [0.15, 0.2) is 8.32 Å². The van der Waals surface area contributed by atoms with Crippen molar-refractivity contribution in [3.05, 3.63) is 0 Å². The summed E-state index contributed by atoms with van der Waals surface area (Å²) in [6.45, 7) is 4.24. The molecule has 0 heterocycles. The summed E-state index contributed by atoms with van der Waals surface area (Å²) in [4.78, 5) is 0. The molecule has 0 aromatic rings. The maximum atomic E-state index is 8.38. The fourth-order valence-electron chi connectivity index (χ4n) is 0.943. The zero-order valence-corrected chi connectivity index (χ0v) is 11.6. The number of nitrogens with zero attached hydrogens (tertiary/aromatic N) is 1. The lowest BCUT2D eigenvalue weighted by Gasteiger charge is -2.24. The van der Waals surface area contributed by atoms with Gasteiger partial charge in [0.1, 0.15) is 0 Å². The Morgan fingerprint density at radius 2 is 1.93 bits per heavy atom. The number of unbranched alkanes of at least 4 members (excludes halogenated alkanes) is 1. The van der Waals surface area contributed by atoms with Crippen LogP contribution in [0.1, 0.15) is 12.8 Å². The molecule has 0 fully saturated rings. The number of alkyl halides is 3. The second-order valence-electron chi connectivity index (χ2n) is 3.68. The predicted molar refractivity (Wildman–Crippen MR) is 63.4 cm³/mol. The van der Waals surface area contributed by atoms with Crippen molar-refractivity contribution in [1.29, 1.82) is 5.26 Å². The van der Waals surface area contributed by atoms with Gasteiger partial charge in [-0.3, -0.25) is 0 Å². The largest absolute Gasteiger partial charge is 0.413 e. The molecule has 0 radical (unpaired) electrons. The Bertz CT molecular complexity index is 210. The molecule has 0 N–H and O–H groups in total. The van der Waals surface area contributed by atoms with Crippen molar-refractivity contribution in [2.24, 2.45) is 0 Å². The van der Waals surface area contributed by atoms with Crippen molar-refractivity contribution in [2.45, 2.75) is 35.8 Å². The van der Waals surface area contributed by atoms with Crippen LogP contribution in [0.25, 0.3) is 0 Å². The standard InChI is InChI=1S/C8H14Cl3NOSi/c1-14(2,6-4-3-5-12)13-7-8(9,10)11/h3-4,6-7H2,1-2H3. The summed E-state index contributed by atoms with van der Waals surface area (Å²) in [5.41, 5.74) is 0. The molecular formula is C8H14Cl3NOSi. The van der Waals surface area contributed by atoms with Gasteiger partial charge in [0.05, 0.1) is 12.7 Å². The Morgan fingerprint density at radius 3 is 2.36 bits per heavy atom. The van der Waals surface area contributed by atoms with Crippen molar-refractivity contribution < 1.29 is 4.43 Å².